The van der Waals surface area contributed by atoms with Gasteiger partial charge >= 0.3 is 0 Å². The number of halogens is 1. The van der Waals surface area contributed by atoms with Gasteiger partial charge in [0.1, 0.15) is 11.6 Å². The monoisotopic (exact) mass is 274 g/mol. The summed E-state index contributed by atoms with van der Waals surface area (Å²) in [5.74, 6) is -0.570. The Morgan fingerprint density at radius 2 is 1.80 bits per heavy atom. The molecule has 1 amide bonds. The van der Waals surface area contributed by atoms with E-state index in [1.54, 1.807) is 36.4 Å². The number of nitrogens with one attached hydrogen (secondary N) is 2. The first-order chi connectivity index (χ1) is 9.65. The summed E-state index contributed by atoms with van der Waals surface area (Å²) in [6.07, 6.45) is 0. The van der Waals surface area contributed by atoms with E-state index in [0.29, 0.717) is 6.54 Å². The van der Waals surface area contributed by atoms with Crippen LogP contribution in [0.4, 0.5) is 10.1 Å². The smallest absolute Gasteiger partial charge is 0.238 e. The van der Waals surface area contributed by atoms with Gasteiger partial charge in [-0.25, -0.2) is 4.39 Å². The van der Waals surface area contributed by atoms with E-state index in [4.69, 9.17) is 5.11 Å². The summed E-state index contributed by atoms with van der Waals surface area (Å²) in [5.41, 5.74) is 1.12. The Balaban J connectivity index is 1.78. The zero-order chi connectivity index (χ0) is 14.4. The molecule has 0 unspecified atom stereocenters. The number of hydrogen-bond acceptors (Lipinski definition) is 3. The van der Waals surface area contributed by atoms with Crippen LogP contribution < -0.4 is 10.6 Å². The summed E-state index contributed by atoms with van der Waals surface area (Å²) in [6.45, 7) is 0.570. The number of carbonyl (C=O) groups excluding carboxylic acids is 1. The molecule has 0 fully saturated rings. The Labute approximate surface area is 116 Å². The number of phenolic OH excluding ortho intramolecular Hbond substituents is 1. The first-order valence-corrected chi connectivity index (χ1v) is 6.18. The summed E-state index contributed by atoms with van der Waals surface area (Å²) in [4.78, 5) is 11.6. The molecule has 0 heterocycles. The summed E-state index contributed by atoms with van der Waals surface area (Å²) in [5, 5.41) is 14.6. The number of amides is 1. The molecule has 2 aromatic rings. The lowest BCUT2D eigenvalue weighted by molar-refractivity contribution is -0.115. The number of benzene rings is 2. The molecule has 0 saturated carbocycles. The molecule has 0 bridgehead atoms. The van der Waals surface area contributed by atoms with Gasteiger partial charge in [0.05, 0.1) is 12.2 Å². The second-order valence-electron chi connectivity index (χ2n) is 4.30. The van der Waals surface area contributed by atoms with Crippen molar-refractivity contribution in [3.05, 3.63) is 59.9 Å². The lowest BCUT2D eigenvalue weighted by Gasteiger charge is -2.07. The van der Waals surface area contributed by atoms with E-state index < -0.39 is 5.82 Å². The van der Waals surface area contributed by atoms with Gasteiger partial charge in [-0.2, -0.15) is 0 Å². The highest BCUT2D eigenvalue weighted by atomic mass is 19.1. The molecular weight excluding hydrogens is 259 g/mol. The number of hydrogen-bond donors (Lipinski definition) is 3. The number of anilines is 1. The van der Waals surface area contributed by atoms with E-state index in [-0.39, 0.29) is 23.9 Å². The van der Waals surface area contributed by atoms with Gasteiger partial charge in [-0.05, 0) is 29.8 Å². The van der Waals surface area contributed by atoms with Crippen LogP contribution in [0.5, 0.6) is 5.75 Å². The fraction of sp³-hybridized carbons (Fsp3) is 0.133. The average molecular weight is 274 g/mol. The van der Waals surface area contributed by atoms with Gasteiger partial charge in [-0.15, -0.1) is 0 Å². The van der Waals surface area contributed by atoms with Crippen LogP contribution in [0.15, 0.2) is 48.5 Å². The van der Waals surface area contributed by atoms with Gasteiger partial charge in [0.2, 0.25) is 5.91 Å². The Kier molecular flexibility index (Phi) is 4.68. The molecule has 0 spiro atoms. The van der Waals surface area contributed by atoms with Crippen LogP contribution in [-0.4, -0.2) is 17.6 Å². The Bertz CT molecular complexity index is 585. The predicted molar refractivity (Wildman–Crippen MR) is 74.8 cm³/mol. The zero-order valence-corrected chi connectivity index (χ0v) is 10.8. The predicted octanol–water partition coefficient (Wildman–Crippen LogP) is 2.26. The first-order valence-electron chi connectivity index (χ1n) is 6.18. The normalized spacial score (nSPS) is 10.2. The van der Waals surface area contributed by atoms with Crippen molar-refractivity contribution in [3.8, 4) is 5.75 Å². The molecule has 0 atom stereocenters. The second kappa shape index (κ2) is 6.68. The van der Waals surface area contributed by atoms with Crippen molar-refractivity contribution in [3.63, 3.8) is 0 Å². The van der Waals surface area contributed by atoms with Crippen LogP contribution in [0, 0.1) is 5.82 Å². The maximum absolute atomic E-state index is 13.3. The van der Waals surface area contributed by atoms with Crippen molar-refractivity contribution in [1.82, 2.24) is 5.32 Å². The zero-order valence-electron chi connectivity index (χ0n) is 10.8. The standard InChI is InChI=1S/C15H15FN2O2/c16-13-3-1-2-4-14(13)18-15(20)10-17-9-11-5-7-12(19)8-6-11/h1-8,17,19H,9-10H2,(H,18,20). The van der Waals surface area contributed by atoms with Gasteiger partial charge in [-0.1, -0.05) is 24.3 Å². The summed E-state index contributed by atoms with van der Waals surface area (Å²) < 4.78 is 13.3. The molecule has 20 heavy (non-hydrogen) atoms. The van der Waals surface area contributed by atoms with E-state index in [0.717, 1.165) is 5.56 Å². The molecule has 0 saturated heterocycles. The molecule has 104 valence electrons. The molecule has 2 rings (SSSR count). The minimum atomic E-state index is -0.459. The maximum Gasteiger partial charge on any atom is 0.238 e. The summed E-state index contributed by atoms with van der Waals surface area (Å²) in [6, 6.07) is 12.7. The minimum Gasteiger partial charge on any atom is -0.508 e. The van der Waals surface area contributed by atoms with Crippen molar-refractivity contribution in [2.24, 2.45) is 0 Å². The molecule has 4 nitrogen and oxygen atoms in total. The topological polar surface area (TPSA) is 61.4 Å². The second-order valence-corrected chi connectivity index (χ2v) is 4.30. The maximum atomic E-state index is 13.3. The van der Waals surface area contributed by atoms with Crippen LogP contribution in [0.3, 0.4) is 0 Å². The lowest BCUT2D eigenvalue weighted by atomic mass is 10.2. The van der Waals surface area contributed by atoms with Crippen LogP contribution in [0.1, 0.15) is 5.56 Å². The third-order valence-electron chi connectivity index (χ3n) is 2.70. The molecule has 0 aliphatic heterocycles. The van der Waals surface area contributed by atoms with E-state index in [2.05, 4.69) is 10.6 Å². The quantitative estimate of drug-likeness (QED) is 0.783. The van der Waals surface area contributed by atoms with Crippen LogP contribution >= 0.6 is 0 Å². The third-order valence-corrected chi connectivity index (χ3v) is 2.70. The van der Waals surface area contributed by atoms with Gasteiger partial charge in [-0.3, -0.25) is 4.79 Å². The number of aromatic hydroxyl groups is 1. The van der Waals surface area contributed by atoms with Gasteiger partial charge < -0.3 is 15.7 Å². The Morgan fingerprint density at radius 3 is 2.50 bits per heavy atom. The van der Waals surface area contributed by atoms with Crippen LogP contribution in [0.2, 0.25) is 0 Å². The van der Waals surface area contributed by atoms with Crippen molar-refractivity contribution in [2.75, 3.05) is 11.9 Å². The van der Waals surface area contributed by atoms with Crippen LogP contribution in [-0.2, 0) is 11.3 Å². The highest BCUT2D eigenvalue weighted by Crippen LogP contribution is 2.12. The molecule has 0 aliphatic rings. The van der Waals surface area contributed by atoms with Crippen molar-refractivity contribution >= 4 is 11.6 Å². The van der Waals surface area contributed by atoms with Crippen molar-refractivity contribution in [1.29, 1.82) is 0 Å². The molecule has 2 aromatic carbocycles. The van der Waals surface area contributed by atoms with Crippen LogP contribution in [0.25, 0.3) is 0 Å². The lowest BCUT2D eigenvalue weighted by Crippen LogP contribution is -2.28. The fourth-order valence-electron chi connectivity index (χ4n) is 1.69. The minimum absolute atomic E-state index is 0.0786. The van der Waals surface area contributed by atoms with E-state index in [1.807, 2.05) is 0 Å². The molecule has 0 radical (unpaired) electrons. The number of para-hydroxylation sites is 1. The SMILES string of the molecule is O=C(CNCc1ccc(O)cc1)Nc1ccccc1F. The van der Waals surface area contributed by atoms with Gasteiger partial charge in [0.15, 0.2) is 0 Å². The molecular formula is C15H15FN2O2. The van der Waals surface area contributed by atoms with Crippen molar-refractivity contribution < 1.29 is 14.3 Å². The molecule has 5 heteroatoms. The Morgan fingerprint density at radius 1 is 1.10 bits per heavy atom. The fourth-order valence-corrected chi connectivity index (χ4v) is 1.69. The average Bonchev–Trinajstić information content (AvgIpc) is 2.44. The molecule has 3 N–H and O–H groups in total. The summed E-state index contributed by atoms with van der Waals surface area (Å²) >= 11 is 0. The number of phenols is 1. The highest BCUT2D eigenvalue weighted by molar-refractivity contribution is 5.92. The Hall–Kier alpha value is -2.40. The first kappa shape index (κ1) is 14.0. The number of rotatable bonds is 5. The largest absolute Gasteiger partial charge is 0.508 e. The van der Waals surface area contributed by atoms with E-state index in [1.165, 1.54) is 12.1 Å². The van der Waals surface area contributed by atoms with E-state index in [9.17, 15) is 9.18 Å². The summed E-state index contributed by atoms with van der Waals surface area (Å²) in [7, 11) is 0. The highest BCUT2D eigenvalue weighted by Gasteiger charge is 2.05. The van der Waals surface area contributed by atoms with Gasteiger partial charge in [0, 0.05) is 6.54 Å². The van der Waals surface area contributed by atoms with Crippen molar-refractivity contribution in [2.45, 2.75) is 6.54 Å². The molecule has 0 aromatic heterocycles. The third kappa shape index (κ3) is 4.07. The molecule has 0 aliphatic carbocycles. The van der Waals surface area contributed by atoms with E-state index >= 15 is 0 Å². The van der Waals surface area contributed by atoms with Gasteiger partial charge in [0.25, 0.3) is 0 Å². The number of carbonyl (C=O) groups is 1.